The molecule has 0 N–H and O–H groups in total. The fraction of sp³-hybridized carbons (Fsp3) is 0.286. The Kier molecular flexibility index (Phi) is 2.44. The van der Waals surface area contributed by atoms with Crippen molar-refractivity contribution in [3.63, 3.8) is 0 Å². The number of aromatic nitrogens is 1. The normalized spacial score (nSPS) is 13.6. The maximum Gasteiger partial charge on any atom is 0.340 e. The monoisotopic (exact) mass is 243 g/mol. The van der Waals surface area contributed by atoms with Crippen molar-refractivity contribution in [3.8, 4) is 0 Å². The van der Waals surface area contributed by atoms with E-state index in [1.165, 1.54) is 7.11 Å². The second-order valence-electron chi connectivity index (χ2n) is 4.42. The summed E-state index contributed by atoms with van der Waals surface area (Å²) in [7, 11) is 1.37. The molecule has 0 spiro atoms. The number of carbonyl (C=O) groups is 1. The zero-order valence-electron chi connectivity index (χ0n) is 10.1. The van der Waals surface area contributed by atoms with Gasteiger partial charge in [0.05, 0.1) is 12.7 Å². The van der Waals surface area contributed by atoms with Gasteiger partial charge in [-0.2, -0.15) is 0 Å². The first-order valence-corrected chi connectivity index (χ1v) is 5.96. The van der Waals surface area contributed by atoms with Gasteiger partial charge in [-0.1, -0.05) is 18.2 Å². The first-order chi connectivity index (χ1) is 8.74. The number of nitrogens with zero attached hydrogens (tertiary/aromatic N) is 1. The highest BCUT2D eigenvalue weighted by atomic mass is 16.5. The van der Waals surface area contributed by atoms with Crippen LogP contribution in [0.15, 0.2) is 29.1 Å². The number of hydrogen-bond donors (Lipinski definition) is 0. The summed E-state index contributed by atoms with van der Waals surface area (Å²) in [4.78, 5) is 24.3. The van der Waals surface area contributed by atoms with E-state index in [1.54, 1.807) is 10.6 Å². The predicted molar refractivity (Wildman–Crippen MR) is 67.9 cm³/mol. The van der Waals surface area contributed by atoms with E-state index >= 15 is 0 Å². The van der Waals surface area contributed by atoms with Gasteiger partial charge >= 0.3 is 5.97 Å². The molecule has 4 heteroatoms. The van der Waals surface area contributed by atoms with Crippen LogP contribution in [0.4, 0.5) is 0 Å². The van der Waals surface area contributed by atoms with E-state index in [-0.39, 0.29) is 11.5 Å². The largest absolute Gasteiger partial charge is 0.465 e. The molecule has 18 heavy (non-hydrogen) atoms. The minimum atomic E-state index is -0.364. The second-order valence-corrected chi connectivity index (χ2v) is 4.42. The van der Waals surface area contributed by atoms with Gasteiger partial charge in [0.15, 0.2) is 0 Å². The first kappa shape index (κ1) is 11.0. The van der Waals surface area contributed by atoms with Gasteiger partial charge in [0.2, 0.25) is 0 Å². The fourth-order valence-corrected chi connectivity index (χ4v) is 2.68. The van der Waals surface area contributed by atoms with Gasteiger partial charge in [-0.05, 0) is 18.9 Å². The number of benzene rings is 1. The van der Waals surface area contributed by atoms with Gasteiger partial charge in [-0.3, -0.25) is 4.79 Å². The van der Waals surface area contributed by atoms with Crippen LogP contribution in [0.1, 0.15) is 22.5 Å². The maximum atomic E-state index is 12.3. The Hall–Kier alpha value is -2.10. The average molecular weight is 243 g/mol. The highest BCUT2D eigenvalue weighted by molar-refractivity contribution is 6.05. The average Bonchev–Trinajstić information content (AvgIpc) is 2.88. The lowest BCUT2D eigenvalue weighted by Crippen LogP contribution is -2.23. The molecule has 0 saturated carbocycles. The number of hydrogen-bond acceptors (Lipinski definition) is 3. The topological polar surface area (TPSA) is 48.3 Å². The number of ether oxygens (including phenoxy) is 1. The minimum absolute atomic E-state index is 0.00856. The summed E-state index contributed by atoms with van der Waals surface area (Å²) in [5, 5.41) is 1.28. The summed E-state index contributed by atoms with van der Waals surface area (Å²) in [5.74, 6) is -0.364. The molecule has 0 unspecified atom stereocenters. The van der Waals surface area contributed by atoms with Crippen molar-refractivity contribution in [2.75, 3.05) is 7.11 Å². The van der Waals surface area contributed by atoms with Crippen molar-refractivity contribution in [2.24, 2.45) is 0 Å². The summed E-state index contributed by atoms with van der Waals surface area (Å²) < 4.78 is 6.56. The lowest BCUT2D eigenvalue weighted by atomic mass is 10.0. The molecule has 0 radical (unpaired) electrons. The second kappa shape index (κ2) is 3.98. The zero-order valence-corrected chi connectivity index (χ0v) is 10.1. The Labute approximate surface area is 104 Å². The van der Waals surface area contributed by atoms with E-state index in [9.17, 15) is 9.59 Å². The number of pyridine rings is 1. The molecule has 0 aliphatic carbocycles. The summed E-state index contributed by atoms with van der Waals surface area (Å²) >= 11 is 0. The van der Waals surface area contributed by atoms with E-state index in [2.05, 4.69) is 0 Å². The van der Waals surface area contributed by atoms with Gasteiger partial charge in [0, 0.05) is 23.0 Å². The molecule has 1 aliphatic heterocycles. The Balaban J connectivity index is 2.49. The Morgan fingerprint density at radius 3 is 2.72 bits per heavy atom. The summed E-state index contributed by atoms with van der Waals surface area (Å²) in [6.07, 6.45) is 1.65. The van der Waals surface area contributed by atoms with Gasteiger partial charge < -0.3 is 9.30 Å². The molecule has 1 aromatic heterocycles. The molecule has 2 heterocycles. The third-order valence-corrected chi connectivity index (χ3v) is 3.47. The zero-order chi connectivity index (χ0) is 12.7. The third kappa shape index (κ3) is 1.38. The van der Waals surface area contributed by atoms with Gasteiger partial charge in [-0.15, -0.1) is 0 Å². The third-order valence-electron chi connectivity index (χ3n) is 3.47. The number of rotatable bonds is 1. The van der Waals surface area contributed by atoms with Crippen LogP contribution < -0.4 is 5.56 Å². The lowest BCUT2D eigenvalue weighted by Gasteiger charge is -2.11. The molecular formula is C14H13NO3. The van der Waals surface area contributed by atoms with Gasteiger partial charge in [-0.25, -0.2) is 4.79 Å². The van der Waals surface area contributed by atoms with E-state index in [0.717, 1.165) is 18.5 Å². The standard InChI is InChI=1S/C14H13NO3/c1-18-14(17)12-9-5-2-3-6-10(9)13(16)15-8-4-7-11(12)15/h2-3,5-6H,4,7-8H2,1H3. The molecule has 0 saturated heterocycles. The minimum Gasteiger partial charge on any atom is -0.465 e. The van der Waals surface area contributed by atoms with Crippen molar-refractivity contribution in [1.82, 2.24) is 4.57 Å². The van der Waals surface area contributed by atoms with Crippen LogP contribution in [0.25, 0.3) is 10.8 Å². The molecule has 1 aliphatic rings. The summed E-state index contributed by atoms with van der Waals surface area (Å²) in [6.45, 7) is 0.684. The number of carbonyl (C=O) groups excluding carboxylic acids is 1. The Bertz CT molecular complexity index is 700. The maximum absolute atomic E-state index is 12.3. The van der Waals surface area contributed by atoms with Crippen LogP contribution in [0.3, 0.4) is 0 Å². The Morgan fingerprint density at radius 1 is 1.28 bits per heavy atom. The number of fused-ring (bicyclic) bond motifs is 2. The van der Waals surface area contributed by atoms with Crippen LogP contribution in [0.5, 0.6) is 0 Å². The van der Waals surface area contributed by atoms with Crippen molar-refractivity contribution < 1.29 is 9.53 Å². The van der Waals surface area contributed by atoms with Crippen LogP contribution >= 0.6 is 0 Å². The summed E-state index contributed by atoms with van der Waals surface area (Å²) in [5.41, 5.74) is 1.35. The number of methoxy groups -OCH3 is 1. The quantitative estimate of drug-likeness (QED) is 0.717. The molecule has 0 bridgehead atoms. The molecular weight excluding hydrogens is 230 g/mol. The van der Waals surface area contributed by atoms with Crippen LogP contribution in [0, 0.1) is 0 Å². The van der Waals surface area contributed by atoms with Gasteiger partial charge in [0.1, 0.15) is 0 Å². The van der Waals surface area contributed by atoms with E-state index in [1.807, 2.05) is 18.2 Å². The highest BCUT2D eigenvalue weighted by Gasteiger charge is 2.24. The molecule has 1 aromatic carbocycles. The molecule has 2 aromatic rings. The van der Waals surface area contributed by atoms with E-state index in [4.69, 9.17) is 4.74 Å². The summed E-state index contributed by atoms with van der Waals surface area (Å²) in [6, 6.07) is 7.21. The lowest BCUT2D eigenvalue weighted by molar-refractivity contribution is 0.0601. The Morgan fingerprint density at radius 2 is 2.00 bits per heavy atom. The van der Waals surface area contributed by atoms with Crippen molar-refractivity contribution in [2.45, 2.75) is 19.4 Å². The molecule has 92 valence electrons. The molecule has 4 nitrogen and oxygen atoms in total. The van der Waals surface area contributed by atoms with Crippen LogP contribution in [0.2, 0.25) is 0 Å². The highest BCUT2D eigenvalue weighted by Crippen LogP contribution is 2.25. The molecule has 0 amide bonds. The van der Waals surface area contributed by atoms with E-state index < -0.39 is 0 Å². The fourth-order valence-electron chi connectivity index (χ4n) is 2.68. The smallest absolute Gasteiger partial charge is 0.340 e. The van der Waals surface area contributed by atoms with Crippen LogP contribution in [-0.2, 0) is 17.7 Å². The SMILES string of the molecule is COC(=O)c1c2n(c(=O)c3ccccc13)CCC2. The van der Waals surface area contributed by atoms with Crippen LogP contribution in [-0.4, -0.2) is 17.6 Å². The van der Waals surface area contributed by atoms with Crippen molar-refractivity contribution in [3.05, 3.63) is 45.9 Å². The predicted octanol–water partition coefficient (Wildman–Crippen LogP) is 1.73. The van der Waals surface area contributed by atoms with Crippen molar-refractivity contribution in [1.29, 1.82) is 0 Å². The molecule has 3 rings (SSSR count). The van der Waals surface area contributed by atoms with E-state index in [0.29, 0.717) is 22.9 Å². The molecule has 0 atom stereocenters. The first-order valence-electron chi connectivity index (χ1n) is 5.96. The molecule has 0 fully saturated rings. The van der Waals surface area contributed by atoms with Crippen molar-refractivity contribution >= 4 is 16.7 Å². The van der Waals surface area contributed by atoms with Gasteiger partial charge in [0.25, 0.3) is 5.56 Å². The number of esters is 1.